The lowest BCUT2D eigenvalue weighted by Gasteiger charge is -2.07. The van der Waals surface area contributed by atoms with Crippen LogP contribution in [0.25, 0.3) is 0 Å². The Kier molecular flexibility index (Phi) is 6.93. The molecule has 1 aromatic carbocycles. The molecule has 0 aromatic heterocycles. The van der Waals surface area contributed by atoms with Crippen molar-refractivity contribution in [3.8, 4) is 5.75 Å². The van der Waals surface area contributed by atoms with Crippen molar-refractivity contribution in [2.24, 2.45) is 0 Å². The molecule has 1 aromatic rings. The molecule has 3 nitrogen and oxygen atoms in total. The van der Waals surface area contributed by atoms with Gasteiger partial charge in [0.15, 0.2) is 0 Å². The maximum absolute atomic E-state index is 13.4. The van der Waals surface area contributed by atoms with E-state index in [9.17, 15) is 9.18 Å². The van der Waals surface area contributed by atoms with Crippen molar-refractivity contribution in [1.82, 2.24) is 0 Å². The molecular weight excluding hydrogens is 247 g/mol. The highest BCUT2D eigenvalue weighted by molar-refractivity contribution is 5.88. The van der Waals surface area contributed by atoms with E-state index in [-0.39, 0.29) is 5.56 Å². The molecule has 0 bridgehead atoms. The molecule has 0 heterocycles. The van der Waals surface area contributed by atoms with Crippen molar-refractivity contribution in [1.29, 1.82) is 0 Å². The van der Waals surface area contributed by atoms with Crippen LogP contribution < -0.4 is 4.74 Å². The number of rotatable bonds is 9. The second-order valence-corrected chi connectivity index (χ2v) is 4.56. The molecule has 4 heteroatoms. The van der Waals surface area contributed by atoms with E-state index < -0.39 is 11.8 Å². The minimum absolute atomic E-state index is 0.327. The molecule has 0 saturated heterocycles. The number of unbranched alkanes of at least 4 members (excludes halogenated alkanes) is 5. The number of aromatic carboxylic acids is 1. The highest BCUT2D eigenvalue weighted by atomic mass is 19.1. The van der Waals surface area contributed by atoms with Crippen LogP contribution in [0.3, 0.4) is 0 Å². The first-order valence-electron chi connectivity index (χ1n) is 6.80. The summed E-state index contributed by atoms with van der Waals surface area (Å²) in [6, 6.07) is 3.85. The summed E-state index contributed by atoms with van der Waals surface area (Å²) < 4.78 is 18.7. The van der Waals surface area contributed by atoms with Gasteiger partial charge in [-0.25, -0.2) is 9.18 Å². The maximum Gasteiger partial charge on any atom is 0.338 e. The number of carboxylic acids is 1. The largest absolute Gasteiger partial charge is 0.493 e. The third-order valence-electron chi connectivity index (χ3n) is 2.94. The van der Waals surface area contributed by atoms with Crippen LogP contribution in [-0.2, 0) is 0 Å². The number of benzene rings is 1. The summed E-state index contributed by atoms with van der Waals surface area (Å²) >= 11 is 0. The van der Waals surface area contributed by atoms with Gasteiger partial charge in [-0.3, -0.25) is 0 Å². The molecule has 0 aliphatic carbocycles. The Morgan fingerprint density at radius 3 is 2.53 bits per heavy atom. The molecule has 19 heavy (non-hydrogen) atoms. The summed E-state index contributed by atoms with van der Waals surface area (Å²) in [7, 11) is 0. The van der Waals surface area contributed by atoms with E-state index in [1.54, 1.807) is 0 Å². The molecule has 0 amide bonds. The smallest absolute Gasteiger partial charge is 0.338 e. The number of carboxylic acid groups (broad SMARTS) is 1. The Balaban J connectivity index is 2.26. The predicted octanol–water partition coefficient (Wildman–Crippen LogP) is 4.26. The molecule has 0 fully saturated rings. The SMILES string of the molecule is CCCCCCCCOc1ccc(C(=O)O)c(F)c1. The average molecular weight is 268 g/mol. The molecule has 0 radical (unpaired) electrons. The minimum atomic E-state index is -1.26. The van der Waals surface area contributed by atoms with Crippen LogP contribution in [-0.4, -0.2) is 17.7 Å². The number of halogens is 1. The van der Waals surface area contributed by atoms with Gasteiger partial charge >= 0.3 is 5.97 Å². The maximum atomic E-state index is 13.4. The van der Waals surface area contributed by atoms with Crippen LogP contribution in [0.2, 0.25) is 0 Å². The van der Waals surface area contributed by atoms with Gasteiger partial charge in [-0.1, -0.05) is 39.0 Å². The molecule has 0 unspecified atom stereocenters. The van der Waals surface area contributed by atoms with Gasteiger partial charge in [0.05, 0.1) is 12.2 Å². The van der Waals surface area contributed by atoms with Crippen molar-refractivity contribution < 1.29 is 19.0 Å². The number of hydrogen-bond donors (Lipinski definition) is 1. The zero-order chi connectivity index (χ0) is 14.1. The second kappa shape index (κ2) is 8.51. The van der Waals surface area contributed by atoms with E-state index in [1.165, 1.54) is 37.8 Å². The van der Waals surface area contributed by atoms with E-state index >= 15 is 0 Å². The highest BCUT2D eigenvalue weighted by Gasteiger charge is 2.10. The molecule has 1 N–H and O–H groups in total. The van der Waals surface area contributed by atoms with E-state index in [2.05, 4.69) is 6.92 Å². The van der Waals surface area contributed by atoms with Gasteiger partial charge in [-0.15, -0.1) is 0 Å². The molecule has 0 saturated carbocycles. The number of hydrogen-bond acceptors (Lipinski definition) is 2. The number of carbonyl (C=O) groups is 1. The summed E-state index contributed by atoms with van der Waals surface area (Å²) in [5.41, 5.74) is -0.327. The van der Waals surface area contributed by atoms with Crippen LogP contribution >= 0.6 is 0 Å². The molecule has 0 aliphatic rings. The first-order chi connectivity index (χ1) is 9.15. The van der Waals surface area contributed by atoms with Crippen LogP contribution in [0.4, 0.5) is 4.39 Å². The Labute approximate surface area is 113 Å². The van der Waals surface area contributed by atoms with Gasteiger partial charge in [-0.05, 0) is 18.6 Å². The summed E-state index contributed by atoms with van der Waals surface area (Å²) in [6.07, 6.45) is 6.98. The predicted molar refractivity (Wildman–Crippen MR) is 72.2 cm³/mol. The average Bonchev–Trinajstić information content (AvgIpc) is 2.37. The standard InChI is InChI=1S/C15H21FO3/c1-2-3-4-5-6-7-10-19-12-8-9-13(15(17)18)14(16)11-12/h8-9,11H,2-7,10H2,1H3,(H,17,18). The molecular formula is C15H21FO3. The first kappa shape index (κ1) is 15.5. The summed E-state index contributed by atoms with van der Waals surface area (Å²) in [5.74, 6) is -1.64. The fraction of sp³-hybridized carbons (Fsp3) is 0.533. The third kappa shape index (κ3) is 5.73. The van der Waals surface area contributed by atoms with Gasteiger partial charge in [0.25, 0.3) is 0 Å². The van der Waals surface area contributed by atoms with Gasteiger partial charge in [0.1, 0.15) is 11.6 Å². The Hall–Kier alpha value is -1.58. The van der Waals surface area contributed by atoms with Crippen molar-refractivity contribution in [3.63, 3.8) is 0 Å². The van der Waals surface area contributed by atoms with Crippen LogP contribution in [0.1, 0.15) is 55.8 Å². The quantitative estimate of drug-likeness (QED) is 0.680. The molecule has 0 atom stereocenters. The second-order valence-electron chi connectivity index (χ2n) is 4.56. The lowest BCUT2D eigenvalue weighted by atomic mass is 10.1. The van der Waals surface area contributed by atoms with E-state index in [1.807, 2.05) is 0 Å². The monoisotopic (exact) mass is 268 g/mol. The zero-order valence-electron chi connectivity index (χ0n) is 11.3. The zero-order valence-corrected chi connectivity index (χ0v) is 11.3. The molecule has 0 spiro atoms. The first-order valence-corrected chi connectivity index (χ1v) is 6.80. The number of ether oxygens (including phenoxy) is 1. The molecule has 106 valence electrons. The lowest BCUT2D eigenvalue weighted by molar-refractivity contribution is 0.0692. The lowest BCUT2D eigenvalue weighted by Crippen LogP contribution is -2.02. The van der Waals surface area contributed by atoms with Gasteiger partial charge in [-0.2, -0.15) is 0 Å². The fourth-order valence-corrected chi connectivity index (χ4v) is 1.83. The van der Waals surface area contributed by atoms with Crippen LogP contribution in [0.15, 0.2) is 18.2 Å². The van der Waals surface area contributed by atoms with E-state index in [0.29, 0.717) is 12.4 Å². The minimum Gasteiger partial charge on any atom is -0.493 e. The Morgan fingerprint density at radius 2 is 1.89 bits per heavy atom. The van der Waals surface area contributed by atoms with E-state index in [0.717, 1.165) is 18.9 Å². The van der Waals surface area contributed by atoms with Crippen molar-refractivity contribution in [2.45, 2.75) is 45.4 Å². The topological polar surface area (TPSA) is 46.5 Å². The van der Waals surface area contributed by atoms with Gasteiger partial charge in [0.2, 0.25) is 0 Å². The van der Waals surface area contributed by atoms with Gasteiger partial charge in [0, 0.05) is 6.07 Å². The van der Waals surface area contributed by atoms with E-state index in [4.69, 9.17) is 9.84 Å². The van der Waals surface area contributed by atoms with Crippen molar-refractivity contribution >= 4 is 5.97 Å². The Morgan fingerprint density at radius 1 is 1.21 bits per heavy atom. The third-order valence-corrected chi connectivity index (χ3v) is 2.94. The fourth-order valence-electron chi connectivity index (χ4n) is 1.83. The summed E-state index contributed by atoms with van der Waals surface area (Å²) in [4.78, 5) is 10.6. The Bertz CT molecular complexity index is 404. The summed E-state index contributed by atoms with van der Waals surface area (Å²) in [6.45, 7) is 2.72. The van der Waals surface area contributed by atoms with Crippen molar-refractivity contribution in [3.05, 3.63) is 29.6 Å². The summed E-state index contributed by atoms with van der Waals surface area (Å²) in [5, 5.41) is 8.69. The van der Waals surface area contributed by atoms with Crippen LogP contribution in [0.5, 0.6) is 5.75 Å². The highest BCUT2D eigenvalue weighted by Crippen LogP contribution is 2.17. The van der Waals surface area contributed by atoms with Gasteiger partial charge < -0.3 is 9.84 Å². The molecule has 1 rings (SSSR count). The normalized spacial score (nSPS) is 10.4. The van der Waals surface area contributed by atoms with Crippen molar-refractivity contribution in [2.75, 3.05) is 6.61 Å². The van der Waals surface area contributed by atoms with Crippen LogP contribution in [0, 0.1) is 5.82 Å². The molecule has 0 aliphatic heterocycles.